The minimum Gasteiger partial charge on any atom is -0.480 e. The molecule has 0 heterocycles. The van der Waals surface area contributed by atoms with Crippen molar-refractivity contribution in [3.8, 4) is 11.5 Å². The van der Waals surface area contributed by atoms with E-state index in [1.165, 1.54) is 0 Å². The van der Waals surface area contributed by atoms with Crippen molar-refractivity contribution >= 4 is 33.5 Å². The lowest BCUT2D eigenvalue weighted by atomic mass is 10.2. The molecule has 0 spiro atoms. The molecule has 0 unspecified atom stereocenters. The van der Waals surface area contributed by atoms with Crippen LogP contribution in [-0.2, 0) is 11.2 Å². The number of esters is 1. The summed E-state index contributed by atoms with van der Waals surface area (Å²) in [7, 11) is 0. The van der Waals surface area contributed by atoms with Gasteiger partial charge in [-0.25, -0.2) is 4.79 Å². The number of halogens is 2. The maximum Gasteiger partial charge on any atom is 0.349 e. The Balaban J connectivity index is 1.95. The first kappa shape index (κ1) is 15.9. The molecule has 3 nitrogen and oxygen atoms in total. The third-order valence-corrected chi connectivity index (χ3v) is 3.74. The lowest BCUT2D eigenvalue weighted by molar-refractivity contribution is -0.136. The van der Waals surface area contributed by atoms with E-state index < -0.39 is 5.97 Å². The normalized spacial score (nSPS) is 10.2. The van der Waals surface area contributed by atoms with E-state index in [0.29, 0.717) is 16.5 Å². The second-order valence-electron chi connectivity index (χ2n) is 4.31. The summed E-state index contributed by atoms with van der Waals surface area (Å²) in [4.78, 5) is 11.8. The lowest BCUT2D eigenvalue weighted by Crippen LogP contribution is -2.18. The second kappa shape index (κ2) is 7.48. The Morgan fingerprint density at radius 3 is 2.62 bits per heavy atom. The standard InChI is InChI=1S/C16H14BrClO3/c1-2-11-7-8-14(12(17)9-11)21-16(19)10-20-15-6-4-3-5-13(15)18/h3-9H,2,10H2,1H3. The first-order valence-corrected chi connectivity index (χ1v) is 7.63. The number of aryl methyl sites for hydroxylation is 1. The van der Waals surface area contributed by atoms with Gasteiger partial charge >= 0.3 is 5.97 Å². The van der Waals surface area contributed by atoms with Crippen LogP contribution < -0.4 is 9.47 Å². The highest BCUT2D eigenvalue weighted by molar-refractivity contribution is 9.10. The van der Waals surface area contributed by atoms with Crippen molar-refractivity contribution in [1.29, 1.82) is 0 Å². The van der Waals surface area contributed by atoms with E-state index in [2.05, 4.69) is 22.9 Å². The number of carbonyl (C=O) groups is 1. The van der Waals surface area contributed by atoms with Gasteiger partial charge in [0.25, 0.3) is 0 Å². The molecule has 0 saturated carbocycles. The molecular weight excluding hydrogens is 356 g/mol. The van der Waals surface area contributed by atoms with Crippen LogP contribution >= 0.6 is 27.5 Å². The zero-order valence-electron chi connectivity index (χ0n) is 11.4. The van der Waals surface area contributed by atoms with Crippen LogP contribution in [0.15, 0.2) is 46.9 Å². The van der Waals surface area contributed by atoms with Gasteiger partial charge in [0, 0.05) is 0 Å². The molecule has 0 aliphatic heterocycles. The van der Waals surface area contributed by atoms with Crippen molar-refractivity contribution in [2.24, 2.45) is 0 Å². The van der Waals surface area contributed by atoms with Crippen LogP contribution in [0, 0.1) is 0 Å². The van der Waals surface area contributed by atoms with Crippen molar-refractivity contribution in [1.82, 2.24) is 0 Å². The van der Waals surface area contributed by atoms with Crippen LogP contribution in [0.25, 0.3) is 0 Å². The zero-order valence-corrected chi connectivity index (χ0v) is 13.8. The summed E-state index contributed by atoms with van der Waals surface area (Å²) in [5.74, 6) is 0.441. The van der Waals surface area contributed by atoms with Gasteiger partial charge in [-0.15, -0.1) is 0 Å². The smallest absolute Gasteiger partial charge is 0.349 e. The van der Waals surface area contributed by atoms with Crippen LogP contribution in [0.1, 0.15) is 12.5 Å². The summed E-state index contributed by atoms with van der Waals surface area (Å²) >= 11 is 9.33. The summed E-state index contributed by atoms with van der Waals surface area (Å²) in [5, 5.41) is 0.457. The monoisotopic (exact) mass is 368 g/mol. The summed E-state index contributed by atoms with van der Waals surface area (Å²) < 4.78 is 11.3. The van der Waals surface area contributed by atoms with Crippen LogP contribution in [-0.4, -0.2) is 12.6 Å². The Labute approximate surface area is 137 Å². The van der Waals surface area contributed by atoms with Crippen LogP contribution in [0.3, 0.4) is 0 Å². The van der Waals surface area contributed by atoms with Gasteiger partial charge in [-0.05, 0) is 52.2 Å². The molecule has 0 aliphatic rings. The molecule has 0 aromatic heterocycles. The molecule has 2 aromatic rings. The predicted octanol–water partition coefficient (Wildman–Crippen LogP) is 4.65. The van der Waals surface area contributed by atoms with Gasteiger partial charge in [0.05, 0.1) is 9.50 Å². The molecule has 0 aliphatic carbocycles. The van der Waals surface area contributed by atoms with Gasteiger partial charge in [0.2, 0.25) is 0 Å². The maximum absolute atomic E-state index is 11.8. The number of hydrogen-bond acceptors (Lipinski definition) is 3. The number of benzene rings is 2. The van der Waals surface area contributed by atoms with Crippen LogP contribution in [0.4, 0.5) is 0 Å². The number of carbonyl (C=O) groups excluding carboxylic acids is 1. The average Bonchev–Trinajstić information content (AvgIpc) is 2.48. The number of para-hydroxylation sites is 1. The highest BCUT2D eigenvalue weighted by atomic mass is 79.9. The average molecular weight is 370 g/mol. The summed E-state index contributed by atoms with van der Waals surface area (Å²) in [6.07, 6.45) is 0.919. The summed E-state index contributed by atoms with van der Waals surface area (Å²) in [5.41, 5.74) is 1.16. The molecule has 0 bridgehead atoms. The van der Waals surface area contributed by atoms with E-state index in [9.17, 15) is 4.79 Å². The lowest BCUT2D eigenvalue weighted by Gasteiger charge is -2.09. The zero-order chi connectivity index (χ0) is 15.2. The van der Waals surface area contributed by atoms with E-state index in [1.807, 2.05) is 12.1 Å². The number of hydrogen-bond donors (Lipinski definition) is 0. The molecule has 0 fully saturated rings. The Morgan fingerprint density at radius 1 is 1.19 bits per heavy atom. The SMILES string of the molecule is CCc1ccc(OC(=O)COc2ccccc2Cl)c(Br)c1. The van der Waals surface area contributed by atoms with E-state index in [1.54, 1.807) is 30.3 Å². The Hall–Kier alpha value is -1.52. The minimum absolute atomic E-state index is 0.203. The molecule has 0 radical (unpaired) electrons. The van der Waals surface area contributed by atoms with E-state index in [-0.39, 0.29) is 6.61 Å². The van der Waals surface area contributed by atoms with Gasteiger partial charge in [0.15, 0.2) is 6.61 Å². The van der Waals surface area contributed by atoms with Gasteiger partial charge in [-0.2, -0.15) is 0 Å². The van der Waals surface area contributed by atoms with Crippen molar-refractivity contribution in [2.75, 3.05) is 6.61 Å². The molecule has 21 heavy (non-hydrogen) atoms. The molecule has 0 amide bonds. The van der Waals surface area contributed by atoms with Gasteiger partial charge in [0.1, 0.15) is 11.5 Å². The highest BCUT2D eigenvalue weighted by Crippen LogP contribution is 2.27. The fourth-order valence-corrected chi connectivity index (χ4v) is 2.40. The molecule has 2 rings (SSSR count). The van der Waals surface area contributed by atoms with Gasteiger partial charge in [-0.3, -0.25) is 0 Å². The van der Waals surface area contributed by atoms with E-state index >= 15 is 0 Å². The Bertz CT molecular complexity index is 643. The summed E-state index contributed by atoms with van der Waals surface area (Å²) in [6, 6.07) is 12.6. The quantitative estimate of drug-likeness (QED) is 0.568. The van der Waals surface area contributed by atoms with E-state index in [0.717, 1.165) is 16.5 Å². The third-order valence-electron chi connectivity index (χ3n) is 2.81. The summed E-state index contributed by atoms with van der Waals surface area (Å²) in [6.45, 7) is 1.86. The fourth-order valence-electron chi connectivity index (χ4n) is 1.70. The molecule has 0 N–H and O–H groups in total. The van der Waals surface area contributed by atoms with E-state index in [4.69, 9.17) is 21.1 Å². The maximum atomic E-state index is 11.8. The predicted molar refractivity (Wildman–Crippen MR) is 86.1 cm³/mol. The molecule has 0 atom stereocenters. The number of ether oxygens (including phenoxy) is 2. The molecular formula is C16H14BrClO3. The topological polar surface area (TPSA) is 35.5 Å². The molecule has 5 heteroatoms. The van der Waals surface area contributed by atoms with Crippen molar-refractivity contribution in [2.45, 2.75) is 13.3 Å². The fraction of sp³-hybridized carbons (Fsp3) is 0.188. The minimum atomic E-state index is -0.486. The Morgan fingerprint density at radius 2 is 1.95 bits per heavy atom. The van der Waals surface area contributed by atoms with Crippen molar-refractivity contribution in [3.63, 3.8) is 0 Å². The second-order valence-corrected chi connectivity index (χ2v) is 5.57. The van der Waals surface area contributed by atoms with Crippen molar-refractivity contribution < 1.29 is 14.3 Å². The first-order valence-electron chi connectivity index (χ1n) is 6.46. The molecule has 0 saturated heterocycles. The Kier molecular flexibility index (Phi) is 5.65. The van der Waals surface area contributed by atoms with Gasteiger partial charge in [-0.1, -0.05) is 36.7 Å². The number of rotatable bonds is 5. The molecule has 110 valence electrons. The molecule has 2 aromatic carbocycles. The van der Waals surface area contributed by atoms with Gasteiger partial charge < -0.3 is 9.47 Å². The third kappa shape index (κ3) is 4.48. The van der Waals surface area contributed by atoms with Crippen LogP contribution in [0.5, 0.6) is 11.5 Å². The van der Waals surface area contributed by atoms with Crippen LogP contribution in [0.2, 0.25) is 5.02 Å². The highest BCUT2D eigenvalue weighted by Gasteiger charge is 2.10. The first-order chi connectivity index (χ1) is 10.1. The largest absolute Gasteiger partial charge is 0.480 e. The van der Waals surface area contributed by atoms with Crippen molar-refractivity contribution in [3.05, 3.63) is 57.5 Å².